The number of nitrogens with zero attached hydrogens (tertiary/aromatic N) is 2. The molecular weight excluding hydrogens is 276 g/mol. The van der Waals surface area contributed by atoms with Gasteiger partial charge in [-0.2, -0.15) is 0 Å². The van der Waals surface area contributed by atoms with Crippen molar-refractivity contribution >= 4 is 16.8 Å². The lowest BCUT2D eigenvalue weighted by Gasteiger charge is -2.24. The van der Waals surface area contributed by atoms with Crippen LogP contribution in [0.4, 0.5) is 0 Å². The summed E-state index contributed by atoms with van der Waals surface area (Å²) >= 11 is 0. The molecular formula is C18H22N2O2. The van der Waals surface area contributed by atoms with E-state index < -0.39 is 0 Å². The van der Waals surface area contributed by atoms with E-state index in [2.05, 4.69) is 11.1 Å². The molecule has 0 aliphatic carbocycles. The third-order valence-electron chi connectivity index (χ3n) is 4.21. The summed E-state index contributed by atoms with van der Waals surface area (Å²) in [6.45, 7) is 2.16. The summed E-state index contributed by atoms with van der Waals surface area (Å²) in [5.41, 5.74) is 2.05. The monoisotopic (exact) mass is 298 g/mol. The molecule has 116 valence electrons. The maximum Gasteiger partial charge on any atom is 0.222 e. The fourth-order valence-electron chi connectivity index (χ4n) is 2.94. The molecule has 2 heterocycles. The quantitative estimate of drug-likeness (QED) is 0.871. The average molecular weight is 298 g/mol. The molecule has 0 bridgehead atoms. The van der Waals surface area contributed by atoms with Crippen LogP contribution in [0.15, 0.2) is 36.5 Å². The van der Waals surface area contributed by atoms with Gasteiger partial charge in [0, 0.05) is 44.8 Å². The van der Waals surface area contributed by atoms with Gasteiger partial charge < -0.3 is 9.64 Å². The van der Waals surface area contributed by atoms with Gasteiger partial charge in [-0.1, -0.05) is 18.2 Å². The molecule has 1 aromatic heterocycles. The van der Waals surface area contributed by atoms with E-state index in [0.717, 1.165) is 42.5 Å². The topological polar surface area (TPSA) is 42.4 Å². The predicted molar refractivity (Wildman–Crippen MR) is 86.4 cm³/mol. The molecule has 1 aromatic carbocycles. The first-order valence-electron chi connectivity index (χ1n) is 7.88. The highest BCUT2D eigenvalue weighted by Gasteiger charge is 2.19. The van der Waals surface area contributed by atoms with E-state index >= 15 is 0 Å². The minimum absolute atomic E-state index is 0.184. The van der Waals surface area contributed by atoms with Crippen molar-refractivity contribution in [2.24, 2.45) is 5.92 Å². The van der Waals surface area contributed by atoms with Gasteiger partial charge in [-0.05, 0) is 36.5 Å². The van der Waals surface area contributed by atoms with Crippen LogP contribution in [0.1, 0.15) is 24.8 Å². The zero-order valence-electron chi connectivity index (χ0n) is 13.0. The third kappa shape index (κ3) is 3.63. The molecule has 0 saturated carbocycles. The number of amides is 1. The lowest BCUT2D eigenvalue weighted by atomic mass is 9.98. The fraction of sp³-hybridized carbons (Fsp3) is 0.444. The van der Waals surface area contributed by atoms with Gasteiger partial charge in [0.05, 0.1) is 5.52 Å². The normalized spacial score (nSPS) is 18.3. The van der Waals surface area contributed by atoms with Gasteiger partial charge in [0.1, 0.15) is 0 Å². The number of benzene rings is 1. The Morgan fingerprint density at radius 1 is 1.41 bits per heavy atom. The highest BCUT2D eigenvalue weighted by Crippen LogP contribution is 2.19. The number of aromatic nitrogens is 1. The zero-order valence-corrected chi connectivity index (χ0v) is 13.0. The molecule has 0 unspecified atom stereocenters. The number of carbonyl (C=O) groups is 1. The number of pyridine rings is 1. The van der Waals surface area contributed by atoms with Crippen LogP contribution in [0.5, 0.6) is 0 Å². The van der Waals surface area contributed by atoms with Crippen molar-refractivity contribution in [3.8, 4) is 0 Å². The van der Waals surface area contributed by atoms with Crippen molar-refractivity contribution in [2.75, 3.05) is 20.3 Å². The van der Waals surface area contributed by atoms with Gasteiger partial charge >= 0.3 is 0 Å². The van der Waals surface area contributed by atoms with Crippen molar-refractivity contribution in [3.05, 3.63) is 42.1 Å². The van der Waals surface area contributed by atoms with E-state index in [9.17, 15) is 4.79 Å². The van der Waals surface area contributed by atoms with Crippen molar-refractivity contribution in [3.63, 3.8) is 0 Å². The maximum atomic E-state index is 12.3. The first-order chi connectivity index (χ1) is 10.7. The second-order valence-corrected chi connectivity index (χ2v) is 6.07. The summed E-state index contributed by atoms with van der Waals surface area (Å²) in [4.78, 5) is 18.6. The Morgan fingerprint density at radius 2 is 2.27 bits per heavy atom. The summed E-state index contributed by atoms with van der Waals surface area (Å²) in [7, 11) is 1.86. The molecule has 1 fully saturated rings. The molecule has 3 rings (SSSR count). The number of hydrogen-bond acceptors (Lipinski definition) is 3. The Kier molecular flexibility index (Phi) is 4.68. The second kappa shape index (κ2) is 6.88. The Balaban J connectivity index is 1.61. The molecule has 4 heteroatoms. The molecule has 0 N–H and O–H groups in total. The number of carbonyl (C=O) groups excluding carboxylic acids is 1. The highest BCUT2D eigenvalue weighted by molar-refractivity contribution is 5.79. The average Bonchev–Trinajstić information content (AvgIpc) is 2.55. The summed E-state index contributed by atoms with van der Waals surface area (Å²) in [5.74, 6) is 0.557. The van der Waals surface area contributed by atoms with Crippen LogP contribution >= 0.6 is 0 Å². The number of ether oxygens (including phenoxy) is 1. The van der Waals surface area contributed by atoms with E-state index in [1.807, 2.05) is 37.5 Å². The summed E-state index contributed by atoms with van der Waals surface area (Å²) < 4.78 is 5.45. The van der Waals surface area contributed by atoms with E-state index in [1.165, 1.54) is 0 Å². The van der Waals surface area contributed by atoms with E-state index in [1.54, 1.807) is 4.90 Å². The molecule has 1 atom stereocenters. The Bertz CT molecular complexity index is 650. The van der Waals surface area contributed by atoms with Crippen molar-refractivity contribution in [1.29, 1.82) is 0 Å². The smallest absolute Gasteiger partial charge is 0.222 e. The second-order valence-electron chi connectivity index (χ2n) is 6.07. The number of rotatable bonds is 4. The Labute approximate surface area is 131 Å². The van der Waals surface area contributed by atoms with Crippen LogP contribution in [0.25, 0.3) is 10.9 Å². The van der Waals surface area contributed by atoms with Crippen LogP contribution in [-0.2, 0) is 16.1 Å². The van der Waals surface area contributed by atoms with E-state index in [0.29, 0.717) is 18.9 Å². The molecule has 0 spiro atoms. The number of hydrogen-bond donors (Lipinski definition) is 0. The molecule has 0 radical (unpaired) electrons. The van der Waals surface area contributed by atoms with Crippen molar-refractivity contribution in [2.45, 2.75) is 25.8 Å². The van der Waals surface area contributed by atoms with Crippen LogP contribution in [0.2, 0.25) is 0 Å². The van der Waals surface area contributed by atoms with Gasteiger partial charge in [-0.3, -0.25) is 9.78 Å². The fourth-order valence-corrected chi connectivity index (χ4v) is 2.94. The van der Waals surface area contributed by atoms with Gasteiger partial charge in [0.25, 0.3) is 0 Å². The van der Waals surface area contributed by atoms with Gasteiger partial charge in [0.2, 0.25) is 5.91 Å². The summed E-state index contributed by atoms with van der Waals surface area (Å²) in [6.07, 6.45) is 4.60. The summed E-state index contributed by atoms with van der Waals surface area (Å²) in [5, 5.41) is 1.11. The zero-order chi connectivity index (χ0) is 15.4. The Morgan fingerprint density at radius 3 is 3.09 bits per heavy atom. The van der Waals surface area contributed by atoms with Crippen LogP contribution < -0.4 is 0 Å². The third-order valence-corrected chi connectivity index (χ3v) is 4.21. The molecule has 1 aliphatic rings. The standard InChI is InChI=1S/C18H22N2O2/c1-20(18(21)10-14-5-4-8-22-13-14)12-15-9-16-6-2-3-7-17(16)19-11-15/h2-3,6-7,9,11,14H,4-5,8,10,12-13H2,1H3/t14-/m1/s1. The maximum absolute atomic E-state index is 12.3. The first-order valence-corrected chi connectivity index (χ1v) is 7.88. The SMILES string of the molecule is CN(Cc1cnc2ccccc2c1)C(=O)C[C@H]1CCCOC1. The van der Waals surface area contributed by atoms with Crippen molar-refractivity contribution < 1.29 is 9.53 Å². The number of fused-ring (bicyclic) bond motifs is 1. The lowest BCUT2D eigenvalue weighted by Crippen LogP contribution is -2.30. The van der Waals surface area contributed by atoms with Crippen LogP contribution in [0.3, 0.4) is 0 Å². The number of para-hydroxylation sites is 1. The predicted octanol–water partition coefficient (Wildman–Crippen LogP) is 3.01. The lowest BCUT2D eigenvalue weighted by molar-refractivity contribution is -0.132. The van der Waals surface area contributed by atoms with Gasteiger partial charge in [0.15, 0.2) is 0 Å². The minimum atomic E-state index is 0.184. The minimum Gasteiger partial charge on any atom is -0.381 e. The van der Waals surface area contributed by atoms with Crippen LogP contribution in [0, 0.1) is 5.92 Å². The highest BCUT2D eigenvalue weighted by atomic mass is 16.5. The summed E-state index contributed by atoms with van der Waals surface area (Å²) in [6, 6.07) is 10.1. The first kappa shape index (κ1) is 15.0. The molecule has 1 amide bonds. The Hall–Kier alpha value is -1.94. The molecule has 2 aromatic rings. The van der Waals surface area contributed by atoms with E-state index in [-0.39, 0.29) is 5.91 Å². The van der Waals surface area contributed by atoms with Gasteiger partial charge in [-0.25, -0.2) is 0 Å². The molecule has 4 nitrogen and oxygen atoms in total. The van der Waals surface area contributed by atoms with Gasteiger partial charge in [-0.15, -0.1) is 0 Å². The van der Waals surface area contributed by atoms with Crippen LogP contribution in [-0.4, -0.2) is 36.1 Å². The van der Waals surface area contributed by atoms with Crippen molar-refractivity contribution in [1.82, 2.24) is 9.88 Å². The molecule has 1 aliphatic heterocycles. The molecule has 1 saturated heterocycles. The molecule has 22 heavy (non-hydrogen) atoms. The van der Waals surface area contributed by atoms with E-state index in [4.69, 9.17) is 4.74 Å². The largest absolute Gasteiger partial charge is 0.381 e.